The fraction of sp³-hybridized carbons (Fsp3) is 0. The van der Waals surface area contributed by atoms with Gasteiger partial charge in [0.2, 0.25) is 5.82 Å². The molecule has 1 rings (SSSR count). The summed E-state index contributed by atoms with van der Waals surface area (Å²) < 4.78 is 4.20. The highest BCUT2D eigenvalue weighted by Crippen LogP contribution is 1.96. The van der Waals surface area contributed by atoms with Crippen molar-refractivity contribution in [2.75, 3.05) is 0 Å². The second kappa shape index (κ2) is 2.30. The van der Waals surface area contributed by atoms with Crippen LogP contribution in [0.1, 0.15) is 0 Å². The Morgan fingerprint density at radius 2 is 2.44 bits per heavy atom. The molecule has 0 saturated carbocycles. The van der Waals surface area contributed by atoms with E-state index in [1.54, 1.807) is 0 Å². The molecule has 0 bridgehead atoms. The van der Waals surface area contributed by atoms with Gasteiger partial charge in [0.15, 0.2) is 7.85 Å². The predicted molar refractivity (Wildman–Crippen MR) is 32.0 cm³/mol. The van der Waals surface area contributed by atoms with E-state index in [1.807, 2.05) is 0 Å². The third kappa shape index (κ3) is 1.07. The lowest BCUT2D eigenvalue weighted by atomic mass is 10.1. The van der Waals surface area contributed by atoms with Crippen LogP contribution >= 0.6 is 0 Å². The van der Waals surface area contributed by atoms with Crippen molar-refractivity contribution < 1.29 is 4.63 Å². The van der Waals surface area contributed by atoms with Gasteiger partial charge in [0.1, 0.15) is 0 Å². The van der Waals surface area contributed by atoms with Crippen molar-refractivity contribution in [1.82, 2.24) is 10.3 Å². The first-order valence-corrected chi connectivity index (χ1v) is 2.17. The quantitative estimate of drug-likeness (QED) is 0.278. The molecule has 2 radical (unpaired) electrons. The van der Waals surface area contributed by atoms with E-state index in [9.17, 15) is 0 Å². The Balaban J connectivity index is 2.94. The summed E-state index contributed by atoms with van der Waals surface area (Å²) in [6.07, 6.45) is 1.07. The summed E-state index contributed by atoms with van der Waals surface area (Å²) >= 11 is 0. The molecule has 44 valence electrons. The minimum absolute atomic E-state index is 0.136. The molecule has 0 atom stereocenters. The van der Waals surface area contributed by atoms with E-state index in [0.717, 1.165) is 6.34 Å². The Morgan fingerprint density at radius 1 is 1.67 bits per heavy atom. The van der Waals surface area contributed by atoms with E-state index in [2.05, 4.69) is 19.9 Å². The number of rotatable bonds is 1. The van der Waals surface area contributed by atoms with Crippen molar-refractivity contribution in [2.45, 2.75) is 0 Å². The molecule has 0 spiro atoms. The zero-order valence-corrected chi connectivity index (χ0v) is 4.48. The molecule has 6 heteroatoms. The zero-order chi connectivity index (χ0) is 6.69. The zero-order valence-electron chi connectivity index (χ0n) is 4.48. The highest BCUT2D eigenvalue weighted by Gasteiger charge is 1.98. The largest absolute Gasteiger partial charge is 0.390 e. The Hall–Kier alpha value is -1.33. The van der Waals surface area contributed by atoms with Crippen LogP contribution in [0.3, 0.4) is 0 Å². The van der Waals surface area contributed by atoms with Crippen molar-refractivity contribution in [1.29, 1.82) is 0 Å². The number of nitrogens with zero attached hydrogens (tertiary/aromatic N) is 3. The molecule has 1 heterocycles. The maximum atomic E-state index is 5.19. The summed E-state index contributed by atoms with van der Waals surface area (Å²) in [7, 11) is 5.19. The molecular formula is C3H3BN4O. The van der Waals surface area contributed by atoms with E-state index in [1.165, 1.54) is 0 Å². The molecule has 0 aliphatic rings. The second-order valence-electron chi connectivity index (χ2n) is 1.25. The van der Waals surface area contributed by atoms with Gasteiger partial charge in [-0.3, -0.25) is 0 Å². The van der Waals surface area contributed by atoms with Crippen LogP contribution in [0.15, 0.2) is 9.62 Å². The van der Waals surface area contributed by atoms with Gasteiger partial charge in [-0.25, -0.2) is 9.62 Å². The average molecular weight is 122 g/mol. The molecule has 2 N–H and O–H groups in total. The molecule has 1 aromatic rings. The summed E-state index contributed by atoms with van der Waals surface area (Å²) in [4.78, 5) is 3.53. The third-order valence-corrected chi connectivity index (χ3v) is 0.692. The normalized spacial score (nSPS) is 10.7. The van der Waals surface area contributed by atoms with Gasteiger partial charge in [-0.05, 0) is 5.16 Å². The first-order valence-electron chi connectivity index (χ1n) is 2.17. The number of hydrogen-bond acceptors (Lipinski definition) is 4. The van der Waals surface area contributed by atoms with Gasteiger partial charge in [-0.15, -0.1) is 0 Å². The Kier molecular flexibility index (Phi) is 1.48. The lowest BCUT2D eigenvalue weighted by Crippen LogP contribution is -2.03. The molecule has 0 saturated heterocycles. The van der Waals surface area contributed by atoms with Crippen LogP contribution in [0.5, 0.6) is 0 Å². The highest BCUT2D eigenvalue weighted by atomic mass is 16.6. The van der Waals surface area contributed by atoms with Crippen LogP contribution in [0.2, 0.25) is 0 Å². The first-order chi connectivity index (χ1) is 4.34. The minimum Gasteiger partial charge on any atom is -0.390 e. The molecule has 0 aliphatic heterocycles. The number of aliphatic imine (C=N–C) groups is 1. The molecular weight excluding hydrogens is 119 g/mol. The number of aromatic nitrogens is 2. The summed E-state index contributed by atoms with van der Waals surface area (Å²) in [5, 5.41) is 6.57. The van der Waals surface area contributed by atoms with E-state index in [4.69, 9.17) is 13.6 Å². The van der Waals surface area contributed by atoms with Gasteiger partial charge < -0.3 is 5.73 Å². The Bertz CT molecular complexity index is 219. The average Bonchev–Trinajstić information content (AvgIpc) is 2.18. The second-order valence-corrected chi connectivity index (χ2v) is 1.25. The van der Waals surface area contributed by atoms with Gasteiger partial charge in [-0.2, -0.15) is 0 Å². The lowest BCUT2D eigenvalue weighted by molar-refractivity contribution is 0.311. The lowest BCUT2D eigenvalue weighted by Gasteiger charge is -1.77. The topological polar surface area (TPSA) is 77.3 Å². The van der Waals surface area contributed by atoms with Gasteiger partial charge in [0.25, 0.3) is 0 Å². The van der Waals surface area contributed by atoms with E-state index >= 15 is 0 Å². The summed E-state index contributed by atoms with van der Waals surface area (Å²) in [6.45, 7) is 0. The van der Waals surface area contributed by atoms with E-state index in [0.29, 0.717) is 0 Å². The van der Waals surface area contributed by atoms with Crippen molar-refractivity contribution >= 4 is 25.6 Å². The predicted octanol–water partition coefficient (Wildman–Crippen LogP) is -1.52. The summed E-state index contributed by atoms with van der Waals surface area (Å²) in [5.41, 5.74) is 5.07. The van der Waals surface area contributed by atoms with Gasteiger partial charge in [-0.1, -0.05) is 5.16 Å². The minimum atomic E-state index is 0.136. The standard InChI is InChI=1S/C3H3BN4O/c4-2-3(6-1-5)8-9-7-2/h1H,(H2,5,6,8). The molecule has 0 amide bonds. The molecule has 9 heavy (non-hydrogen) atoms. The SMILES string of the molecule is [B]c1nonc1N=CN. The fourth-order valence-electron chi connectivity index (χ4n) is 0.351. The van der Waals surface area contributed by atoms with Crippen LogP contribution in [0.4, 0.5) is 5.82 Å². The fourth-order valence-corrected chi connectivity index (χ4v) is 0.351. The van der Waals surface area contributed by atoms with Crippen LogP contribution in [-0.2, 0) is 0 Å². The molecule has 0 fully saturated rings. The Morgan fingerprint density at radius 3 is 2.89 bits per heavy atom. The van der Waals surface area contributed by atoms with Crippen LogP contribution in [0.25, 0.3) is 0 Å². The summed E-state index contributed by atoms with van der Waals surface area (Å²) in [5.74, 6) is 0.206. The molecule has 0 aliphatic carbocycles. The number of hydrogen-bond donors (Lipinski definition) is 1. The summed E-state index contributed by atoms with van der Waals surface area (Å²) in [6, 6.07) is 0. The third-order valence-electron chi connectivity index (χ3n) is 0.692. The van der Waals surface area contributed by atoms with Crippen LogP contribution in [-0.4, -0.2) is 24.5 Å². The monoisotopic (exact) mass is 122 g/mol. The van der Waals surface area contributed by atoms with E-state index < -0.39 is 0 Å². The van der Waals surface area contributed by atoms with Crippen molar-refractivity contribution in [3.8, 4) is 0 Å². The smallest absolute Gasteiger partial charge is 0.210 e. The Labute approximate surface area is 52.3 Å². The van der Waals surface area contributed by atoms with Gasteiger partial charge >= 0.3 is 0 Å². The molecule has 0 aromatic carbocycles. The van der Waals surface area contributed by atoms with E-state index in [-0.39, 0.29) is 11.4 Å². The maximum Gasteiger partial charge on any atom is 0.210 e. The number of nitrogens with two attached hydrogens (primary N) is 1. The van der Waals surface area contributed by atoms with Gasteiger partial charge in [0, 0.05) is 0 Å². The molecule has 5 nitrogen and oxygen atoms in total. The van der Waals surface area contributed by atoms with Gasteiger partial charge in [0.05, 0.1) is 11.9 Å². The van der Waals surface area contributed by atoms with Crippen LogP contribution < -0.4 is 11.3 Å². The van der Waals surface area contributed by atoms with Crippen molar-refractivity contribution in [3.05, 3.63) is 0 Å². The first kappa shape index (κ1) is 5.81. The van der Waals surface area contributed by atoms with Crippen molar-refractivity contribution in [3.63, 3.8) is 0 Å². The molecule has 0 unspecified atom stereocenters. The highest BCUT2D eigenvalue weighted by molar-refractivity contribution is 6.33. The molecule has 1 aromatic heterocycles. The van der Waals surface area contributed by atoms with Crippen LogP contribution in [0, 0.1) is 0 Å². The van der Waals surface area contributed by atoms with Crippen molar-refractivity contribution in [2.24, 2.45) is 10.7 Å². The maximum absolute atomic E-state index is 5.19.